The van der Waals surface area contributed by atoms with Crippen molar-refractivity contribution in [2.24, 2.45) is 5.92 Å². The molecule has 0 radical (unpaired) electrons. The maximum absolute atomic E-state index is 13.3. The molecule has 0 fully saturated rings. The van der Waals surface area contributed by atoms with Gasteiger partial charge in [-0.15, -0.1) is 0 Å². The predicted octanol–water partition coefficient (Wildman–Crippen LogP) is -0.104. The number of carbonyl (C=O) groups excluding carboxylic acids is 5. The van der Waals surface area contributed by atoms with Crippen molar-refractivity contribution in [3.63, 3.8) is 0 Å². The van der Waals surface area contributed by atoms with Gasteiger partial charge in [0.1, 0.15) is 23.7 Å². The number of carboxylic acids is 3. The van der Waals surface area contributed by atoms with Crippen LogP contribution in [-0.4, -0.2) is 87.1 Å². The molecule has 48 heavy (non-hydrogen) atoms. The Bertz CT molecular complexity index is 1630. The first-order chi connectivity index (χ1) is 22.4. The summed E-state index contributed by atoms with van der Waals surface area (Å²) in [6.07, 6.45) is -4.95. The lowest BCUT2D eigenvalue weighted by Crippen LogP contribution is -2.57. The molecule has 0 aliphatic heterocycles. The molecule has 0 bridgehead atoms. The van der Waals surface area contributed by atoms with Crippen molar-refractivity contribution in [1.29, 1.82) is 0 Å². The van der Waals surface area contributed by atoms with Gasteiger partial charge in [-0.05, 0) is 30.5 Å². The number of amides is 4. The summed E-state index contributed by atoms with van der Waals surface area (Å²) in [7, 11) is 0. The molecule has 1 heterocycles. The zero-order chi connectivity index (χ0) is 36.3. The minimum absolute atomic E-state index is 0.114. The number of aryl methyl sites for hydroxylation is 1. The highest BCUT2D eigenvalue weighted by Crippen LogP contribution is 2.21. The van der Waals surface area contributed by atoms with Crippen molar-refractivity contribution < 1.29 is 62.8 Å². The van der Waals surface area contributed by atoms with Gasteiger partial charge in [-0.2, -0.15) is 0 Å². The number of anilines is 1. The highest BCUT2D eigenvalue weighted by molar-refractivity contribution is 6.01. The van der Waals surface area contributed by atoms with Crippen LogP contribution in [0.3, 0.4) is 0 Å². The van der Waals surface area contributed by atoms with Crippen molar-refractivity contribution in [2.45, 2.75) is 77.6 Å². The summed E-state index contributed by atoms with van der Waals surface area (Å²) in [5.41, 5.74) is 0.241. The summed E-state index contributed by atoms with van der Waals surface area (Å²) in [5.74, 6) is -10.3. The van der Waals surface area contributed by atoms with E-state index in [2.05, 4.69) is 21.3 Å². The van der Waals surface area contributed by atoms with Crippen LogP contribution in [0.25, 0.3) is 11.0 Å². The van der Waals surface area contributed by atoms with Gasteiger partial charge in [0.25, 0.3) is 5.91 Å². The van der Waals surface area contributed by atoms with E-state index in [1.165, 1.54) is 32.0 Å². The number of benzene rings is 1. The third-order valence-electron chi connectivity index (χ3n) is 6.69. The fourth-order valence-corrected chi connectivity index (χ4v) is 4.39. The van der Waals surface area contributed by atoms with Gasteiger partial charge in [-0.25, -0.2) is 9.59 Å². The van der Waals surface area contributed by atoms with Gasteiger partial charge < -0.3 is 45.7 Å². The summed E-state index contributed by atoms with van der Waals surface area (Å²) in [4.78, 5) is 109. The van der Waals surface area contributed by atoms with Crippen LogP contribution in [0.15, 0.2) is 33.5 Å². The van der Waals surface area contributed by atoms with Crippen LogP contribution in [-0.2, 0) is 43.1 Å². The van der Waals surface area contributed by atoms with Gasteiger partial charge in [-0.1, -0.05) is 13.8 Å². The average Bonchev–Trinajstić information content (AvgIpc) is 2.95. The van der Waals surface area contributed by atoms with E-state index in [1.54, 1.807) is 13.0 Å². The second-order valence-corrected chi connectivity index (χ2v) is 11.0. The van der Waals surface area contributed by atoms with Gasteiger partial charge in [0.15, 0.2) is 6.10 Å². The maximum atomic E-state index is 13.3. The third kappa shape index (κ3) is 11.8. The van der Waals surface area contributed by atoms with Crippen LogP contribution in [0.2, 0.25) is 0 Å². The molecule has 4 unspecified atom stereocenters. The number of fused-ring (bicyclic) bond motifs is 1. The zero-order valence-corrected chi connectivity index (χ0v) is 26.4. The summed E-state index contributed by atoms with van der Waals surface area (Å²) in [5, 5.41) is 37.3. The molecular formula is C30H36N4O14. The van der Waals surface area contributed by atoms with E-state index in [1.807, 2.05) is 0 Å². The van der Waals surface area contributed by atoms with Crippen LogP contribution < -0.4 is 26.9 Å². The standard InChI is InChI=1S/C30H36N4O14/c1-13(2)26(34-28(44)20(7-8-22(36)37)48-30(46)19(12-24(40)41)31-15(4)35)29(45)33-18(11-23(38)39)27(43)32-16-5-6-17-14(3)9-25(42)47-21(17)10-16/h5-6,9-10,13,18-20,26H,7-8,11-12H2,1-4H3,(H,31,35)(H,32,43)(H,33,45)(H,34,44)(H,36,37)(H,38,39)(H,40,41). The molecule has 0 saturated carbocycles. The van der Waals surface area contributed by atoms with Crippen LogP contribution >= 0.6 is 0 Å². The zero-order valence-electron chi connectivity index (χ0n) is 26.4. The van der Waals surface area contributed by atoms with Crippen molar-refractivity contribution in [1.82, 2.24) is 16.0 Å². The highest BCUT2D eigenvalue weighted by Gasteiger charge is 2.35. The summed E-state index contributed by atoms with van der Waals surface area (Å²) >= 11 is 0. The van der Waals surface area contributed by atoms with E-state index in [4.69, 9.17) is 19.4 Å². The molecule has 2 rings (SSSR count). The second-order valence-electron chi connectivity index (χ2n) is 11.0. The lowest BCUT2D eigenvalue weighted by atomic mass is 10.0. The molecule has 18 nitrogen and oxygen atoms in total. The minimum Gasteiger partial charge on any atom is -0.481 e. The summed E-state index contributed by atoms with van der Waals surface area (Å²) < 4.78 is 10.2. The smallest absolute Gasteiger partial charge is 0.336 e. The quantitative estimate of drug-likeness (QED) is 0.0851. The normalized spacial score (nSPS) is 13.4. The van der Waals surface area contributed by atoms with E-state index in [9.17, 15) is 48.3 Å². The largest absolute Gasteiger partial charge is 0.481 e. The Morgan fingerprint density at radius 2 is 1.44 bits per heavy atom. The molecular weight excluding hydrogens is 640 g/mol. The van der Waals surface area contributed by atoms with Crippen molar-refractivity contribution in [3.05, 3.63) is 40.2 Å². The molecule has 260 valence electrons. The molecule has 4 amide bonds. The summed E-state index contributed by atoms with van der Waals surface area (Å²) in [6, 6.07) is 0.774. The molecule has 1 aromatic carbocycles. The maximum Gasteiger partial charge on any atom is 0.336 e. The van der Waals surface area contributed by atoms with Crippen LogP contribution in [0.4, 0.5) is 5.69 Å². The minimum atomic E-state index is -1.86. The fraction of sp³-hybridized carbons (Fsp3) is 0.433. The summed E-state index contributed by atoms with van der Waals surface area (Å²) in [6.45, 7) is 5.65. The Labute approximate surface area is 272 Å². The molecule has 7 N–H and O–H groups in total. The van der Waals surface area contributed by atoms with E-state index in [-0.39, 0.29) is 11.3 Å². The Kier molecular flexibility index (Phi) is 13.8. The number of hydrogen-bond donors (Lipinski definition) is 7. The Morgan fingerprint density at radius 3 is 2.00 bits per heavy atom. The first-order valence-corrected chi connectivity index (χ1v) is 14.5. The average molecular weight is 677 g/mol. The number of rotatable bonds is 17. The van der Waals surface area contributed by atoms with Crippen molar-refractivity contribution in [2.75, 3.05) is 5.32 Å². The molecule has 0 spiro atoms. The van der Waals surface area contributed by atoms with E-state index in [0.717, 1.165) is 6.92 Å². The van der Waals surface area contributed by atoms with Gasteiger partial charge >= 0.3 is 29.5 Å². The molecule has 0 aliphatic carbocycles. The topological polar surface area (TPSA) is 285 Å². The van der Waals surface area contributed by atoms with Gasteiger partial charge in [0.05, 0.1) is 12.8 Å². The van der Waals surface area contributed by atoms with Gasteiger partial charge in [0.2, 0.25) is 17.7 Å². The lowest BCUT2D eigenvalue weighted by Gasteiger charge is -2.27. The predicted molar refractivity (Wildman–Crippen MR) is 163 cm³/mol. The second kappa shape index (κ2) is 17.2. The first kappa shape index (κ1) is 38.4. The van der Waals surface area contributed by atoms with E-state index in [0.29, 0.717) is 10.9 Å². The van der Waals surface area contributed by atoms with Crippen molar-refractivity contribution in [3.8, 4) is 0 Å². The van der Waals surface area contributed by atoms with Crippen LogP contribution in [0.5, 0.6) is 0 Å². The molecule has 0 saturated heterocycles. The number of hydrogen-bond acceptors (Lipinski definition) is 11. The van der Waals surface area contributed by atoms with Crippen LogP contribution in [0, 0.1) is 12.8 Å². The van der Waals surface area contributed by atoms with Crippen LogP contribution in [0.1, 0.15) is 52.0 Å². The SMILES string of the molecule is CC(=O)NC(CC(=O)O)C(=O)OC(CCC(=O)O)C(=O)NC(C(=O)NC(CC(=O)O)C(=O)Nc1ccc2c(C)cc(=O)oc2c1)C(C)C. The Balaban J connectivity index is 2.27. The van der Waals surface area contributed by atoms with Crippen molar-refractivity contribution >= 4 is 64.2 Å². The Hall–Kier alpha value is -5.81. The first-order valence-electron chi connectivity index (χ1n) is 14.5. The van der Waals surface area contributed by atoms with E-state index >= 15 is 0 Å². The number of ether oxygens (including phenoxy) is 1. The number of carbonyl (C=O) groups is 8. The monoisotopic (exact) mass is 676 g/mol. The van der Waals surface area contributed by atoms with Gasteiger partial charge in [-0.3, -0.25) is 33.6 Å². The number of carboxylic acid groups (broad SMARTS) is 3. The molecule has 4 atom stereocenters. The van der Waals surface area contributed by atoms with Gasteiger partial charge in [0, 0.05) is 43.0 Å². The fourth-order valence-electron chi connectivity index (χ4n) is 4.39. The van der Waals surface area contributed by atoms with E-state index < -0.39 is 109 Å². The third-order valence-corrected chi connectivity index (χ3v) is 6.69. The number of aliphatic carboxylic acids is 3. The molecule has 1 aromatic heterocycles. The lowest BCUT2D eigenvalue weighted by molar-refractivity contribution is -0.161. The number of nitrogens with one attached hydrogen (secondary N) is 4. The number of esters is 1. The Morgan fingerprint density at radius 1 is 0.812 bits per heavy atom. The highest BCUT2D eigenvalue weighted by atomic mass is 16.6. The molecule has 18 heteroatoms. The molecule has 2 aromatic rings. The molecule has 0 aliphatic rings.